The largest absolute Gasteiger partial charge is 0.550 e. The molecular formula is C13H16NO4-. The minimum atomic E-state index is -1.13. The number of carbonyl (C=O) groups is 2. The number of carbonyl (C=O) groups excluding carboxylic acids is 2. The number of hydrogen-bond acceptors (Lipinski definition) is 4. The smallest absolute Gasteiger partial charge is 0.220 e. The molecule has 0 atom stereocenters. The standard InChI is InChI=1S/C13H17NO4/c1-18-11-5-2-4-10(8-11)9-14-12(15)6-3-7-13(16)17/h2,4-5,8H,3,6-7,9H2,1H3,(H,14,15)(H,16,17)/p-1. The number of benzene rings is 1. The summed E-state index contributed by atoms with van der Waals surface area (Å²) in [7, 11) is 1.58. The third-order valence-corrected chi connectivity index (χ3v) is 2.41. The minimum absolute atomic E-state index is 0.0907. The second-order valence-corrected chi connectivity index (χ2v) is 3.85. The molecule has 5 nitrogen and oxygen atoms in total. The normalized spacial score (nSPS) is 9.83. The molecule has 98 valence electrons. The maximum atomic E-state index is 11.4. The van der Waals surface area contributed by atoms with Gasteiger partial charge in [0.25, 0.3) is 0 Å². The van der Waals surface area contributed by atoms with Crippen LogP contribution in [0.2, 0.25) is 0 Å². The van der Waals surface area contributed by atoms with Crippen molar-refractivity contribution in [2.75, 3.05) is 7.11 Å². The van der Waals surface area contributed by atoms with Crippen LogP contribution in [0.15, 0.2) is 24.3 Å². The number of rotatable bonds is 7. The Morgan fingerprint density at radius 3 is 2.78 bits per heavy atom. The molecule has 5 heteroatoms. The van der Waals surface area contributed by atoms with Gasteiger partial charge in [0.1, 0.15) is 5.75 Å². The highest BCUT2D eigenvalue weighted by Crippen LogP contribution is 2.12. The Morgan fingerprint density at radius 2 is 2.11 bits per heavy atom. The van der Waals surface area contributed by atoms with Crippen LogP contribution in [0.25, 0.3) is 0 Å². The van der Waals surface area contributed by atoms with Gasteiger partial charge in [0.05, 0.1) is 7.11 Å². The second-order valence-electron chi connectivity index (χ2n) is 3.85. The van der Waals surface area contributed by atoms with Gasteiger partial charge in [-0.1, -0.05) is 12.1 Å². The first kappa shape index (κ1) is 14.0. The first-order valence-corrected chi connectivity index (χ1v) is 5.71. The highest BCUT2D eigenvalue weighted by molar-refractivity contribution is 5.76. The van der Waals surface area contributed by atoms with Crippen molar-refractivity contribution in [1.82, 2.24) is 5.32 Å². The Bertz CT molecular complexity index is 417. The molecule has 0 aliphatic heterocycles. The summed E-state index contributed by atoms with van der Waals surface area (Å²) < 4.78 is 5.07. The highest BCUT2D eigenvalue weighted by Gasteiger charge is 2.02. The second kappa shape index (κ2) is 7.32. The van der Waals surface area contributed by atoms with Gasteiger partial charge in [0, 0.05) is 18.9 Å². The van der Waals surface area contributed by atoms with E-state index in [9.17, 15) is 14.7 Å². The van der Waals surface area contributed by atoms with Gasteiger partial charge in [-0.25, -0.2) is 0 Å². The molecule has 0 bridgehead atoms. The first-order valence-electron chi connectivity index (χ1n) is 5.71. The van der Waals surface area contributed by atoms with Crippen LogP contribution in [0.4, 0.5) is 0 Å². The van der Waals surface area contributed by atoms with Crippen LogP contribution in [0.5, 0.6) is 5.75 Å². The van der Waals surface area contributed by atoms with Gasteiger partial charge in [-0.3, -0.25) is 4.79 Å². The van der Waals surface area contributed by atoms with Crippen LogP contribution >= 0.6 is 0 Å². The molecule has 18 heavy (non-hydrogen) atoms. The van der Waals surface area contributed by atoms with Crippen molar-refractivity contribution in [2.45, 2.75) is 25.8 Å². The Labute approximate surface area is 106 Å². The van der Waals surface area contributed by atoms with Gasteiger partial charge in [-0.05, 0) is 30.5 Å². The van der Waals surface area contributed by atoms with Crippen LogP contribution in [0.1, 0.15) is 24.8 Å². The molecule has 0 fully saturated rings. The van der Waals surface area contributed by atoms with E-state index in [-0.39, 0.29) is 18.7 Å². The summed E-state index contributed by atoms with van der Waals surface area (Å²) in [5, 5.41) is 12.9. The lowest BCUT2D eigenvalue weighted by Gasteiger charge is -2.07. The number of amides is 1. The van der Waals surface area contributed by atoms with Crippen molar-refractivity contribution in [3.8, 4) is 5.75 Å². The third kappa shape index (κ3) is 5.34. The molecule has 0 saturated heterocycles. The molecule has 0 radical (unpaired) electrons. The van der Waals surface area contributed by atoms with Crippen LogP contribution in [-0.2, 0) is 16.1 Å². The van der Waals surface area contributed by atoms with Gasteiger partial charge in [0.15, 0.2) is 0 Å². The number of carboxylic acids is 1. The van der Waals surface area contributed by atoms with Gasteiger partial charge in [-0.15, -0.1) is 0 Å². The van der Waals surface area contributed by atoms with E-state index in [1.165, 1.54) is 0 Å². The molecule has 0 spiro atoms. The van der Waals surface area contributed by atoms with Crippen molar-refractivity contribution in [3.05, 3.63) is 29.8 Å². The number of aliphatic carboxylic acids is 1. The minimum Gasteiger partial charge on any atom is -0.550 e. The van der Waals surface area contributed by atoms with E-state index < -0.39 is 5.97 Å². The third-order valence-electron chi connectivity index (χ3n) is 2.41. The van der Waals surface area contributed by atoms with Gasteiger partial charge in [-0.2, -0.15) is 0 Å². The molecule has 1 rings (SSSR count). The van der Waals surface area contributed by atoms with E-state index >= 15 is 0 Å². The first-order chi connectivity index (χ1) is 8.61. The number of nitrogens with one attached hydrogen (secondary N) is 1. The molecule has 0 heterocycles. The Balaban J connectivity index is 2.31. The van der Waals surface area contributed by atoms with Crippen molar-refractivity contribution < 1.29 is 19.4 Å². The van der Waals surface area contributed by atoms with E-state index in [1.54, 1.807) is 7.11 Å². The van der Waals surface area contributed by atoms with Gasteiger partial charge >= 0.3 is 0 Å². The van der Waals surface area contributed by atoms with Crippen LogP contribution in [-0.4, -0.2) is 19.0 Å². The van der Waals surface area contributed by atoms with E-state index in [2.05, 4.69) is 5.32 Å². The summed E-state index contributed by atoms with van der Waals surface area (Å²) in [6, 6.07) is 7.38. The quantitative estimate of drug-likeness (QED) is 0.751. The molecule has 1 N–H and O–H groups in total. The van der Waals surface area contributed by atoms with E-state index in [0.717, 1.165) is 11.3 Å². The maximum Gasteiger partial charge on any atom is 0.220 e. The van der Waals surface area contributed by atoms with Crippen molar-refractivity contribution in [2.24, 2.45) is 0 Å². The van der Waals surface area contributed by atoms with E-state index in [0.29, 0.717) is 13.0 Å². The summed E-state index contributed by atoms with van der Waals surface area (Å²) in [4.78, 5) is 21.6. The average Bonchev–Trinajstić information content (AvgIpc) is 2.36. The van der Waals surface area contributed by atoms with Crippen molar-refractivity contribution >= 4 is 11.9 Å². The summed E-state index contributed by atoms with van der Waals surface area (Å²) in [5.74, 6) is -0.562. The monoisotopic (exact) mass is 250 g/mol. The fourth-order valence-electron chi connectivity index (χ4n) is 1.46. The van der Waals surface area contributed by atoms with Crippen molar-refractivity contribution in [1.29, 1.82) is 0 Å². The molecule has 0 aliphatic carbocycles. The van der Waals surface area contributed by atoms with Gasteiger partial charge < -0.3 is 20.0 Å². The molecule has 0 aliphatic rings. The molecule has 1 amide bonds. The zero-order chi connectivity index (χ0) is 13.4. The molecule has 0 saturated carbocycles. The van der Waals surface area contributed by atoms with E-state index in [1.807, 2.05) is 24.3 Å². The fraction of sp³-hybridized carbons (Fsp3) is 0.385. The Morgan fingerprint density at radius 1 is 1.33 bits per heavy atom. The Hall–Kier alpha value is -2.04. The van der Waals surface area contributed by atoms with E-state index in [4.69, 9.17) is 4.74 Å². The molecule has 1 aromatic rings. The van der Waals surface area contributed by atoms with Crippen LogP contribution < -0.4 is 15.2 Å². The molecule has 0 aromatic heterocycles. The maximum absolute atomic E-state index is 11.4. The summed E-state index contributed by atoms with van der Waals surface area (Å²) in [6.45, 7) is 0.404. The highest BCUT2D eigenvalue weighted by atomic mass is 16.5. The zero-order valence-corrected chi connectivity index (χ0v) is 10.3. The lowest BCUT2D eigenvalue weighted by atomic mass is 10.2. The number of hydrogen-bond donors (Lipinski definition) is 1. The Kier molecular flexibility index (Phi) is 5.70. The zero-order valence-electron chi connectivity index (χ0n) is 10.3. The SMILES string of the molecule is COc1cccc(CNC(=O)CCCC(=O)[O-])c1. The number of ether oxygens (including phenoxy) is 1. The number of carboxylic acid groups (broad SMARTS) is 1. The molecule has 0 unspecified atom stereocenters. The van der Waals surface area contributed by atoms with Crippen molar-refractivity contribution in [3.63, 3.8) is 0 Å². The van der Waals surface area contributed by atoms with Gasteiger partial charge in [0.2, 0.25) is 5.91 Å². The number of methoxy groups -OCH3 is 1. The van der Waals surface area contributed by atoms with Crippen LogP contribution in [0.3, 0.4) is 0 Å². The summed E-state index contributed by atoms with van der Waals surface area (Å²) in [6.07, 6.45) is 0.400. The average molecular weight is 250 g/mol. The molecular weight excluding hydrogens is 234 g/mol. The molecule has 1 aromatic carbocycles. The fourth-order valence-corrected chi connectivity index (χ4v) is 1.46. The summed E-state index contributed by atoms with van der Waals surface area (Å²) >= 11 is 0. The van der Waals surface area contributed by atoms with Crippen LogP contribution in [0, 0.1) is 0 Å². The predicted molar refractivity (Wildman–Crippen MR) is 63.7 cm³/mol. The lowest BCUT2D eigenvalue weighted by molar-refractivity contribution is -0.305. The summed E-state index contributed by atoms with van der Waals surface area (Å²) in [5.41, 5.74) is 0.933. The predicted octanol–water partition coefficient (Wildman–Crippen LogP) is 0.232. The topological polar surface area (TPSA) is 78.5 Å². The lowest BCUT2D eigenvalue weighted by Crippen LogP contribution is -2.25.